The summed E-state index contributed by atoms with van der Waals surface area (Å²) in [4.78, 5) is 17.3. The number of para-hydroxylation sites is 1. The van der Waals surface area contributed by atoms with E-state index in [0.717, 1.165) is 45.1 Å². The Bertz CT molecular complexity index is 1350. The van der Waals surface area contributed by atoms with Gasteiger partial charge in [0, 0.05) is 11.3 Å². The van der Waals surface area contributed by atoms with Crippen LogP contribution in [0.25, 0.3) is 22.2 Å². The van der Waals surface area contributed by atoms with Crippen LogP contribution in [0.15, 0.2) is 77.0 Å². The van der Waals surface area contributed by atoms with Gasteiger partial charge in [-0.05, 0) is 35.2 Å². The van der Waals surface area contributed by atoms with Gasteiger partial charge in [-0.1, -0.05) is 78.4 Å². The number of carbonyl (C=O) groups is 1. The average molecular weight is 475 g/mol. The smallest absolute Gasteiger partial charge is 0.340 e. The second kappa shape index (κ2) is 10.4. The summed E-state index contributed by atoms with van der Waals surface area (Å²) in [6.07, 6.45) is 1.02. The fourth-order valence-corrected chi connectivity index (χ4v) is 4.73. The molecule has 174 valence electrons. The molecule has 0 aliphatic heterocycles. The van der Waals surface area contributed by atoms with Crippen molar-refractivity contribution < 1.29 is 14.7 Å². The van der Waals surface area contributed by atoms with Crippen molar-refractivity contribution in [2.75, 3.05) is 12.9 Å². The number of thioether (sulfide) groups is 1. The van der Waals surface area contributed by atoms with Crippen molar-refractivity contribution in [3.63, 3.8) is 0 Å². The molecular formula is C26H26N4O3S. The summed E-state index contributed by atoms with van der Waals surface area (Å²) in [6, 6.07) is 21.2. The van der Waals surface area contributed by atoms with Crippen LogP contribution in [-0.4, -0.2) is 39.4 Å². The number of rotatable bonds is 8. The van der Waals surface area contributed by atoms with Gasteiger partial charge < -0.3 is 20.2 Å². The Kier molecular flexibility index (Phi) is 7.18. The van der Waals surface area contributed by atoms with E-state index in [-0.39, 0.29) is 11.8 Å². The van der Waals surface area contributed by atoms with Crippen molar-refractivity contribution in [1.82, 2.24) is 9.55 Å². The lowest BCUT2D eigenvalue weighted by Gasteiger charge is -2.12. The molecule has 0 atom stereocenters. The minimum atomic E-state index is -0.381. The summed E-state index contributed by atoms with van der Waals surface area (Å²) in [5.74, 6) is 0.617. The van der Waals surface area contributed by atoms with E-state index >= 15 is 0 Å². The molecular weight excluding hydrogens is 448 g/mol. The maximum atomic E-state index is 12.5. The van der Waals surface area contributed by atoms with Crippen LogP contribution in [-0.2, 0) is 11.3 Å². The first-order valence-corrected chi connectivity index (χ1v) is 11.9. The Morgan fingerprint density at radius 1 is 1.09 bits per heavy atom. The van der Waals surface area contributed by atoms with Gasteiger partial charge in [-0.25, -0.2) is 9.78 Å². The number of esters is 1. The third-order valence-corrected chi connectivity index (χ3v) is 6.67. The number of nitrogens with two attached hydrogens (primary N) is 1. The number of amidine groups is 1. The molecule has 7 nitrogen and oxygen atoms in total. The van der Waals surface area contributed by atoms with E-state index < -0.39 is 0 Å². The Morgan fingerprint density at radius 2 is 1.82 bits per heavy atom. The number of hydrogen-bond acceptors (Lipinski definition) is 6. The molecule has 3 aromatic carbocycles. The second-order valence-corrected chi connectivity index (χ2v) is 8.78. The highest BCUT2D eigenvalue weighted by Crippen LogP contribution is 2.29. The molecule has 0 aliphatic carbocycles. The van der Waals surface area contributed by atoms with Gasteiger partial charge in [-0.3, -0.25) is 0 Å². The Balaban J connectivity index is 1.74. The number of carbonyl (C=O) groups excluding carboxylic acids is 1. The van der Waals surface area contributed by atoms with Gasteiger partial charge in [-0.15, -0.1) is 0 Å². The number of ether oxygens (including phenoxy) is 1. The molecule has 0 saturated carbocycles. The van der Waals surface area contributed by atoms with Crippen LogP contribution in [0.5, 0.6) is 0 Å². The number of aromatic nitrogens is 2. The van der Waals surface area contributed by atoms with Gasteiger partial charge in [0.15, 0.2) is 11.0 Å². The van der Waals surface area contributed by atoms with Gasteiger partial charge in [0.2, 0.25) is 0 Å². The quantitative estimate of drug-likeness (QED) is 0.0916. The summed E-state index contributed by atoms with van der Waals surface area (Å²) in [5, 5.41) is 13.1. The predicted octanol–water partition coefficient (Wildman–Crippen LogP) is 5.13. The van der Waals surface area contributed by atoms with Gasteiger partial charge in [0.1, 0.15) is 0 Å². The van der Waals surface area contributed by atoms with Crippen molar-refractivity contribution in [3.05, 3.63) is 83.4 Å². The van der Waals surface area contributed by atoms with Gasteiger partial charge >= 0.3 is 5.97 Å². The zero-order chi connectivity index (χ0) is 24.1. The first-order valence-electron chi connectivity index (χ1n) is 10.9. The number of imidazole rings is 1. The maximum Gasteiger partial charge on any atom is 0.340 e. The Hall–Kier alpha value is -3.78. The van der Waals surface area contributed by atoms with Crippen LogP contribution in [0.1, 0.15) is 34.8 Å². The highest BCUT2D eigenvalue weighted by molar-refractivity contribution is 7.99. The van der Waals surface area contributed by atoms with Crippen LogP contribution in [0.3, 0.4) is 0 Å². The number of fused-ring (bicyclic) bond motifs is 1. The van der Waals surface area contributed by atoms with Crippen LogP contribution in [0.2, 0.25) is 0 Å². The molecule has 4 rings (SSSR count). The molecule has 1 heterocycles. The molecule has 1 aromatic heterocycles. The number of benzene rings is 3. The van der Waals surface area contributed by atoms with E-state index in [0.29, 0.717) is 17.7 Å². The normalized spacial score (nSPS) is 11.6. The van der Waals surface area contributed by atoms with Crippen molar-refractivity contribution in [2.24, 2.45) is 10.9 Å². The summed E-state index contributed by atoms with van der Waals surface area (Å²) in [5.41, 5.74) is 11.5. The van der Waals surface area contributed by atoms with E-state index in [4.69, 9.17) is 20.7 Å². The van der Waals surface area contributed by atoms with Crippen LogP contribution in [0, 0.1) is 0 Å². The van der Waals surface area contributed by atoms with E-state index in [1.165, 1.54) is 7.11 Å². The maximum absolute atomic E-state index is 12.5. The Labute approximate surface area is 202 Å². The fourth-order valence-electron chi connectivity index (χ4n) is 3.87. The van der Waals surface area contributed by atoms with Crippen molar-refractivity contribution in [3.8, 4) is 11.1 Å². The topological polar surface area (TPSA) is 103 Å². The lowest BCUT2D eigenvalue weighted by molar-refractivity contribution is 0.0602. The molecule has 3 N–H and O–H groups in total. The number of hydrogen-bond donors (Lipinski definition) is 2. The molecule has 4 aromatic rings. The lowest BCUT2D eigenvalue weighted by Crippen LogP contribution is -2.14. The molecule has 0 spiro atoms. The molecule has 0 fully saturated rings. The standard InChI is InChI=1S/C26H26N4O3S/c1-3-15-34-26-28-22-10-6-9-21(25(31)33-2)23(22)30(26)16-17-11-13-18(14-12-17)19-7-4-5-8-20(19)24(27)29-32/h4-14,32H,3,15-16H2,1-2H3,(H2,27,29). The van der Waals surface area contributed by atoms with Crippen molar-refractivity contribution >= 4 is 34.6 Å². The predicted molar refractivity (Wildman–Crippen MR) is 136 cm³/mol. The number of methoxy groups -OCH3 is 1. The second-order valence-electron chi connectivity index (χ2n) is 7.72. The van der Waals surface area contributed by atoms with Crippen LogP contribution in [0.4, 0.5) is 0 Å². The zero-order valence-electron chi connectivity index (χ0n) is 19.1. The van der Waals surface area contributed by atoms with Gasteiger partial charge in [-0.2, -0.15) is 0 Å². The molecule has 0 aliphatic rings. The highest BCUT2D eigenvalue weighted by atomic mass is 32.2. The SMILES string of the molecule is CCCSc1nc2cccc(C(=O)OC)c2n1Cc1ccc(-c2ccccc2C(N)=NO)cc1. The highest BCUT2D eigenvalue weighted by Gasteiger charge is 2.19. The first-order chi connectivity index (χ1) is 16.6. The van der Waals surface area contributed by atoms with Gasteiger partial charge in [0.05, 0.1) is 30.3 Å². The van der Waals surface area contributed by atoms with E-state index in [1.807, 2.05) is 60.7 Å². The van der Waals surface area contributed by atoms with E-state index in [9.17, 15) is 4.79 Å². The molecule has 0 saturated heterocycles. The molecule has 34 heavy (non-hydrogen) atoms. The van der Waals surface area contributed by atoms with Crippen LogP contribution >= 0.6 is 11.8 Å². The fraction of sp³-hybridized carbons (Fsp3) is 0.192. The Morgan fingerprint density at radius 3 is 2.53 bits per heavy atom. The largest absolute Gasteiger partial charge is 0.465 e. The van der Waals surface area contributed by atoms with Crippen molar-refractivity contribution in [1.29, 1.82) is 0 Å². The molecule has 8 heteroatoms. The summed E-state index contributed by atoms with van der Waals surface area (Å²) in [7, 11) is 1.39. The molecule has 0 amide bonds. The molecule has 0 unspecified atom stereocenters. The summed E-state index contributed by atoms with van der Waals surface area (Å²) in [6.45, 7) is 2.68. The third-order valence-electron chi connectivity index (χ3n) is 5.49. The van der Waals surface area contributed by atoms with E-state index in [2.05, 4.69) is 16.6 Å². The van der Waals surface area contributed by atoms with Gasteiger partial charge in [0.25, 0.3) is 0 Å². The van der Waals surface area contributed by atoms with Crippen molar-refractivity contribution in [2.45, 2.75) is 25.0 Å². The monoisotopic (exact) mass is 474 g/mol. The summed E-state index contributed by atoms with van der Waals surface area (Å²) < 4.78 is 7.10. The molecule has 0 bridgehead atoms. The minimum Gasteiger partial charge on any atom is -0.465 e. The minimum absolute atomic E-state index is 0.0671. The van der Waals surface area contributed by atoms with Crippen LogP contribution < -0.4 is 5.73 Å². The lowest BCUT2D eigenvalue weighted by atomic mass is 9.98. The van der Waals surface area contributed by atoms with E-state index in [1.54, 1.807) is 17.8 Å². The number of nitrogens with zero attached hydrogens (tertiary/aromatic N) is 3. The summed E-state index contributed by atoms with van der Waals surface area (Å²) >= 11 is 1.68. The molecule has 0 radical (unpaired) electrons. The average Bonchev–Trinajstić information content (AvgIpc) is 3.24. The number of oxime groups is 1. The first kappa shape index (κ1) is 23.4. The third kappa shape index (κ3) is 4.63. The zero-order valence-corrected chi connectivity index (χ0v) is 19.9.